The second-order valence-electron chi connectivity index (χ2n) is 9.82. The molecule has 0 unspecified atom stereocenters. The van der Waals surface area contributed by atoms with Gasteiger partial charge in [0, 0.05) is 55.0 Å². The number of amides is 1. The molecule has 0 saturated carbocycles. The molecule has 2 aliphatic heterocycles. The van der Waals surface area contributed by atoms with Crippen LogP contribution in [0.3, 0.4) is 0 Å². The number of hydrogen-bond donors (Lipinski definition) is 2. The van der Waals surface area contributed by atoms with Crippen LogP contribution < -0.4 is 15.2 Å². The van der Waals surface area contributed by atoms with E-state index in [4.69, 9.17) is 21.3 Å². The lowest BCUT2D eigenvalue weighted by atomic mass is 10.00. The second kappa shape index (κ2) is 9.09. The molecule has 5 aromatic rings. The van der Waals surface area contributed by atoms with Gasteiger partial charge in [0.2, 0.25) is 0 Å². The van der Waals surface area contributed by atoms with Crippen molar-refractivity contribution in [3.05, 3.63) is 63.7 Å². The van der Waals surface area contributed by atoms with Gasteiger partial charge in [-0.2, -0.15) is 0 Å². The van der Waals surface area contributed by atoms with Gasteiger partial charge in [-0.25, -0.2) is 9.97 Å². The van der Waals surface area contributed by atoms with Crippen LogP contribution in [0.15, 0.2) is 47.4 Å². The number of hydrogen-bond acceptors (Lipinski definition) is 7. The monoisotopic (exact) mass is 541 g/mol. The summed E-state index contributed by atoms with van der Waals surface area (Å²) >= 11 is 6.42. The Bertz CT molecular complexity index is 1850. The molecule has 39 heavy (non-hydrogen) atoms. The first kappa shape index (κ1) is 23.7. The lowest BCUT2D eigenvalue weighted by Gasteiger charge is -2.23. The lowest BCUT2D eigenvalue weighted by Crippen LogP contribution is -2.38. The van der Waals surface area contributed by atoms with Crippen LogP contribution >= 0.6 is 11.6 Å². The number of imidazole rings is 1. The van der Waals surface area contributed by atoms with Crippen molar-refractivity contribution in [1.82, 2.24) is 29.8 Å². The molecule has 0 aliphatic carbocycles. The molecular formula is C28H24ClN7O3. The number of ether oxygens (including phenoxy) is 1. The van der Waals surface area contributed by atoms with Crippen molar-refractivity contribution in [1.29, 1.82) is 0 Å². The predicted molar refractivity (Wildman–Crippen MR) is 149 cm³/mol. The summed E-state index contributed by atoms with van der Waals surface area (Å²) in [5.41, 5.74) is 4.45. The van der Waals surface area contributed by atoms with Gasteiger partial charge in [0.05, 0.1) is 22.3 Å². The van der Waals surface area contributed by atoms with E-state index in [0.717, 1.165) is 22.9 Å². The minimum Gasteiger partial charge on any atom is -0.483 e. The molecule has 1 aromatic carbocycles. The van der Waals surface area contributed by atoms with Crippen LogP contribution in [-0.4, -0.2) is 68.5 Å². The third kappa shape index (κ3) is 3.99. The quantitative estimate of drug-likeness (QED) is 0.285. The highest BCUT2D eigenvalue weighted by Crippen LogP contribution is 2.34. The maximum atomic E-state index is 13.3. The molecule has 0 atom stereocenters. The van der Waals surface area contributed by atoms with Crippen molar-refractivity contribution < 1.29 is 9.53 Å². The topological polar surface area (TPSA) is 120 Å². The van der Waals surface area contributed by atoms with E-state index in [9.17, 15) is 9.59 Å². The van der Waals surface area contributed by atoms with Crippen LogP contribution in [-0.2, 0) is 4.79 Å². The summed E-state index contributed by atoms with van der Waals surface area (Å²) in [6.07, 6.45) is 2.42. The number of carbonyl (C=O) groups is 1. The van der Waals surface area contributed by atoms with E-state index < -0.39 is 0 Å². The zero-order chi connectivity index (χ0) is 26.7. The molecule has 2 N–H and O–H groups in total. The lowest BCUT2D eigenvalue weighted by molar-refractivity contribution is -0.133. The fourth-order valence-corrected chi connectivity index (χ4v) is 5.66. The maximum absolute atomic E-state index is 13.3. The van der Waals surface area contributed by atoms with Crippen LogP contribution in [0.25, 0.3) is 44.6 Å². The fourth-order valence-electron chi connectivity index (χ4n) is 5.47. The standard InChI is InChI=1S/C28H24ClN7O3/c1-15-16-4-2-5-21(15)39-14-23(37)35-8-3-9-36(11-10-35)27-25-20(13-22(29)33-27)31-26(34-25)18-12-17-19(32-28(18)38)6-7-30-24(16)17/h2,4-7,12-13H,3,8-11,14H2,1H3,(H,31,34)(H,32,38). The summed E-state index contributed by atoms with van der Waals surface area (Å²) in [4.78, 5) is 50.7. The number of aromatic nitrogens is 5. The van der Waals surface area contributed by atoms with Gasteiger partial charge >= 0.3 is 0 Å². The van der Waals surface area contributed by atoms with Crippen molar-refractivity contribution in [2.75, 3.05) is 37.7 Å². The first-order chi connectivity index (χ1) is 19.0. The highest BCUT2D eigenvalue weighted by atomic mass is 35.5. The number of rotatable bonds is 0. The number of fused-ring (bicyclic) bond motifs is 10. The molecule has 1 amide bonds. The highest BCUT2D eigenvalue weighted by molar-refractivity contribution is 6.30. The van der Waals surface area contributed by atoms with Gasteiger partial charge in [-0.3, -0.25) is 14.6 Å². The third-order valence-electron chi connectivity index (χ3n) is 7.49. The second-order valence-corrected chi connectivity index (χ2v) is 10.2. The molecule has 2 aliphatic rings. The molecule has 1 saturated heterocycles. The number of nitrogens with zero attached hydrogens (tertiary/aromatic N) is 5. The predicted octanol–water partition coefficient (Wildman–Crippen LogP) is 3.92. The molecule has 11 heteroatoms. The minimum absolute atomic E-state index is 0.0624. The summed E-state index contributed by atoms with van der Waals surface area (Å²) in [5.74, 6) is 1.58. The number of pyridine rings is 3. The summed E-state index contributed by atoms with van der Waals surface area (Å²) in [6, 6.07) is 11.0. The summed E-state index contributed by atoms with van der Waals surface area (Å²) in [5, 5.41) is 1.07. The average molecular weight is 542 g/mol. The van der Waals surface area contributed by atoms with E-state index >= 15 is 0 Å². The number of carbonyl (C=O) groups excluding carboxylic acids is 1. The number of aromatic amines is 2. The first-order valence-corrected chi connectivity index (χ1v) is 13.2. The molecule has 1 fully saturated rings. The Kier molecular flexibility index (Phi) is 5.52. The van der Waals surface area contributed by atoms with Crippen molar-refractivity contribution >= 4 is 45.3 Å². The number of anilines is 1. The van der Waals surface area contributed by atoms with E-state index in [-0.39, 0.29) is 18.1 Å². The van der Waals surface area contributed by atoms with E-state index in [1.54, 1.807) is 18.3 Å². The van der Waals surface area contributed by atoms with Crippen molar-refractivity contribution in [3.8, 4) is 28.4 Å². The van der Waals surface area contributed by atoms with E-state index in [0.29, 0.717) is 76.5 Å². The van der Waals surface area contributed by atoms with Crippen LogP contribution in [0.4, 0.5) is 5.82 Å². The molecule has 4 aromatic heterocycles. The molecule has 10 nitrogen and oxygen atoms in total. The molecule has 6 heterocycles. The Morgan fingerprint density at radius 2 is 1.79 bits per heavy atom. The smallest absolute Gasteiger partial charge is 0.260 e. The Morgan fingerprint density at radius 1 is 0.949 bits per heavy atom. The van der Waals surface area contributed by atoms with Crippen LogP contribution in [0.2, 0.25) is 5.15 Å². The number of nitrogens with one attached hydrogen (secondary N) is 2. The maximum Gasteiger partial charge on any atom is 0.260 e. The van der Waals surface area contributed by atoms with Crippen molar-refractivity contribution in [3.63, 3.8) is 0 Å². The van der Waals surface area contributed by atoms with Gasteiger partial charge in [-0.05, 0) is 31.5 Å². The zero-order valence-corrected chi connectivity index (χ0v) is 21.9. The first-order valence-electron chi connectivity index (χ1n) is 12.8. The van der Waals surface area contributed by atoms with Crippen molar-refractivity contribution in [2.24, 2.45) is 0 Å². The molecule has 8 bridgehead atoms. The molecule has 196 valence electrons. The molecular weight excluding hydrogens is 518 g/mol. The molecule has 7 rings (SSSR count). The Hall–Kier alpha value is -4.44. The number of benzene rings is 1. The van der Waals surface area contributed by atoms with Gasteiger partial charge in [0.25, 0.3) is 11.5 Å². The van der Waals surface area contributed by atoms with E-state index in [1.807, 2.05) is 36.1 Å². The molecule has 0 spiro atoms. The van der Waals surface area contributed by atoms with Gasteiger partial charge in [-0.15, -0.1) is 0 Å². The van der Waals surface area contributed by atoms with Gasteiger partial charge < -0.3 is 24.5 Å². The number of halogens is 1. The fraction of sp³-hybridized carbons (Fsp3) is 0.250. The largest absolute Gasteiger partial charge is 0.483 e. The SMILES string of the molecule is Cc1c2cccc1-c1nccc3[nH]c(=O)c(cc13)-c1nc3c(nc(Cl)cc3[nH]1)N1CCCN(CC1)C(=O)CO2. The van der Waals surface area contributed by atoms with E-state index in [2.05, 4.69) is 24.8 Å². The van der Waals surface area contributed by atoms with Gasteiger partial charge in [0.1, 0.15) is 22.2 Å². The van der Waals surface area contributed by atoms with Crippen LogP contribution in [0, 0.1) is 6.92 Å². The van der Waals surface area contributed by atoms with Crippen molar-refractivity contribution in [2.45, 2.75) is 13.3 Å². The van der Waals surface area contributed by atoms with Gasteiger partial charge in [-0.1, -0.05) is 23.7 Å². The summed E-state index contributed by atoms with van der Waals surface area (Å²) < 4.78 is 6.04. The normalized spacial score (nSPS) is 15.6. The highest BCUT2D eigenvalue weighted by Gasteiger charge is 2.25. The third-order valence-corrected chi connectivity index (χ3v) is 7.68. The Labute approximate surface area is 227 Å². The van der Waals surface area contributed by atoms with Crippen LogP contribution in [0.1, 0.15) is 12.0 Å². The summed E-state index contributed by atoms with van der Waals surface area (Å²) in [6.45, 7) is 4.26. The van der Waals surface area contributed by atoms with E-state index in [1.165, 1.54) is 0 Å². The summed E-state index contributed by atoms with van der Waals surface area (Å²) in [7, 11) is 0. The average Bonchev–Trinajstić information content (AvgIpc) is 3.19. The molecule has 0 radical (unpaired) electrons. The Balaban J connectivity index is 1.50. The number of H-pyrrole nitrogens is 2. The zero-order valence-electron chi connectivity index (χ0n) is 21.1. The van der Waals surface area contributed by atoms with Crippen LogP contribution in [0.5, 0.6) is 5.75 Å². The van der Waals surface area contributed by atoms with Gasteiger partial charge in [0.15, 0.2) is 12.4 Å². The minimum atomic E-state index is -0.272. The Morgan fingerprint density at radius 3 is 2.69 bits per heavy atom.